The van der Waals surface area contributed by atoms with Crippen molar-refractivity contribution in [1.29, 1.82) is 5.26 Å². The quantitative estimate of drug-likeness (QED) is 0.460. The Labute approximate surface area is 194 Å². The average molecular weight is 469 g/mol. The van der Waals surface area contributed by atoms with Gasteiger partial charge in [0.25, 0.3) is 0 Å². The lowest BCUT2D eigenvalue weighted by Gasteiger charge is -2.18. The molecule has 1 atom stereocenters. The van der Waals surface area contributed by atoms with E-state index in [2.05, 4.69) is 5.32 Å². The summed E-state index contributed by atoms with van der Waals surface area (Å²) in [5.74, 6) is -1.49. The topological polar surface area (TPSA) is 108 Å². The number of carbonyl (C=O) groups excluding carboxylic acids is 1. The van der Waals surface area contributed by atoms with E-state index < -0.39 is 36.0 Å². The van der Waals surface area contributed by atoms with Gasteiger partial charge >= 0.3 is 6.18 Å². The second-order valence-corrected chi connectivity index (χ2v) is 7.45. The first-order chi connectivity index (χ1) is 16.2. The number of nitrogens with one attached hydrogen (secondary N) is 1. The van der Waals surface area contributed by atoms with Gasteiger partial charge in [-0.3, -0.25) is 4.79 Å². The minimum absolute atomic E-state index is 0.0937. The van der Waals surface area contributed by atoms with Crippen LogP contribution in [0.4, 0.5) is 18.9 Å². The van der Waals surface area contributed by atoms with E-state index in [1.165, 1.54) is 0 Å². The second kappa shape index (κ2) is 10.8. The Morgan fingerprint density at radius 3 is 2.32 bits per heavy atom. The summed E-state index contributed by atoms with van der Waals surface area (Å²) in [7, 11) is 0. The Morgan fingerprint density at radius 1 is 1.09 bits per heavy atom. The third-order valence-corrected chi connectivity index (χ3v) is 5.01. The van der Waals surface area contributed by atoms with E-state index in [4.69, 9.17) is 15.6 Å². The first-order valence-electron chi connectivity index (χ1n) is 10.3. The fourth-order valence-electron chi connectivity index (χ4n) is 3.23. The molecule has 176 valence electrons. The van der Waals surface area contributed by atoms with Crippen molar-refractivity contribution < 1.29 is 27.8 Å². The number of halogens is 3. The number of benzene rings is 3. The summed E-state index contributed by atoms with van der Waals surface area (Å²) < 4.78 is 46.5. The van der Waals surface area contributed by atoms with Gasteiger partial charge in [0.05, 0.1) is 18.8 Å². The van der Waals surface area contributed by atoms with E-state index in [-0.39, 0.29) is 17.9 Å². The summed E-state index contributed by atoms with van der Waals surface area (Å²) in [6.07, 6.45) is -4.51. The Kier molecular flexibility index (Phi) is 7.89. The van der Waals surface area contributed by atoms with Gasteiger partial charge in [0.1, 0.15) is 23.4 Å². The van der Waals surface area contributed by atoms with E-state index in [9.17, 15) is 23.2 Å². The number of aliphatic hydroxyl groups excluding tert-OH is 1. The van der Waals surface area contributed by atoms with Gasteiger partial charge < -0.3 is 20.9 Å². The number of alkyl halides is 3. The number of nitrogens with two attached hydrogens (primary N) is 1. The highest BCUT2D eigenvalue weighted by Crippen LogP contribution is 2.40. The fourth-order valence-corrected chi connectivity index (χ4v) is 3.23. The van der Waals surface area contributed by atoms with Gasteiger partial charge in [-0.15, -0.1) is 0 Å². The third-order valence-electron chi connectivity index (χ3n) is 5.01. The molecule has 34 heavy (non-hydrogen) atoms. The van der Waals surface area contributed by atoms with Crippen LogP contribution in [0.1, 0.15) is 16.7 Å². The smallest absolute Gasteiger partial charge is 0.420 e. The predicted molar refractivity (Wildman–Crippen MR) is 121 cm³/mol. The second-order valence-electron chi connectivity index (χ2n) is 7.45. The van der Waals surface area contributed by atoms with Crippen LogP contribution in [-0.4, -0.2) is 30.3 Å². The summed E-state index contributed by atoms with van der Waals surface area (Å²) in [5, 5.41) is 20.5. The zero-order chi connectivity index (χ0) is 24.7. The molecule has 0 radical (unpaired) electrons. The predicted octanol–water partition coefficient (Wildman–Crippen LogP) is 4.12. The minimum Gasteiger partial charge on any atom is -0.491 e. The van der Waals surface area contributed by atoms with Crippen molar-refractivity contribution in [3.8, 4) is 22.9 Å². The largest absolute Gasteiger partial charge is 0.491 e. The van der Waals surface area contributed by atoms with Crippen LogP contribution in [0.25, 0.3) is 11.1 Å². The highest BCUT2D eigenvalue weighted by Gasteiger charge is 2.36. The van der Waals surface area contributed by atoms with Gasteiger partial charge in [-0.25, -0.2) is 0 Å². The summed E-state index contributed by atoms with van der Waals surface area (Å²) in [5.41, 5.74) is 6.43. The molecular weight excluding hydrogens is 447 g/mol. The maximum atomic E-state index is 13.7. The maximum Gasteiger partial charge on any atom is 0.420 e. The van der Waals surface area contributed by atoms with Crippen molar-refractivity contribution in [2.75, 3.05) is 18.5 Å². The number of anilines is 1. The fraction of sp³-hybridized carbons (Fsp3) is 0.200. The minimum atomic E-state index is -4.84. The average Bonchev–Trinajstić information content (AvgIpc) is 2.84. The normalized spacial score (nSPS) is 12.0. The van der Waals surface area contributed by atoms with Gasteiger partial charge in [-0.1, -0.05) is 54.6 Å². The molecule has 3 aromatic carbocycles. The zero-order valence-corrected chi connectivity index (χ0v) is 18.0. The monoisotopic (exact) mass is 469 g/mol. The van der Waals surface area contributed by atoms with E-state index in [1.807, 2.05) is 54.6 Å². The Bertz CT molecular complexity index is 1170. The van der Waals surface area contributed by atoms with Crippen LogP contribution >= 0.6 is 0 Å². The molecule has 0 aliphatic carbocycles. The number of nitriles is 1. The highest BCUT2D eigenvalue weighted by atomic mass is 19.4. The Hall–Kier alpha value is -3.87. The van der Waals surface area contributed by atoms with E-state index in [1.54, 1.807) is 6.07 Å². The van der Waals surface area contributed by atoms with E-state index >= 15 is 0 Å². The summed E-state index contributed by atoms with van der Waals surface area (Å²) >= 11 is 0. The first kappa shape index (κ1) is 24.8. The molecule has 0 saturated carbocycles. The Balaban J connectivity index is 1.77. The van der Waals surface area contributed by atoms with E-state index in [0.29, 0.717) is 12.5 Å². The number of ether oxygens (including phenoxy) is 1. The maximum absolute atomic E-state index is 13.7. The molecular formula is C25H22F3N3O3. The van der Waals surface area contributed by atoms with Gasteiger partial charge in [0.15, 0.2) is 0 Å². The van der Waals surface area contributed by atoms with Crippen molar-refractivity contribution in [2.45, 2.75) is 18.6 Å². The molecule has 0 unspecified atom stereocenters. The number of aliphatic hydroxyl groups is 1. The molecule has 4 N–H and O–H groups in total. The number of carbonyl (C=O) groups is 1. The molecule has 9 heteroatoms. The van der Waals surface area contributed by atoms with Gasteiger partial charge in [0, 0.05) is 12.1 Å². The van der Waals surface area contributed by atoms with Crippen LogP contribution in [0.3, 0.4) is 0 Å². The Morgan fingerprint density at radius 2 is 1.74 bits per heavy atom. The van der Waals surface area contributed by atoms with Crippen LogP contribution in [0.5, 0.6) is 5.75 Å². The van der Waals surface area contributed by atoms with Crippen molar-refractivity contribution in [3.05, 3.63) is 83.4 Å². The molecule has 3 aromatic rings. The summed E-state index contributed by atoms with van der Waals surface area (Å²) in [4.78, 5) is 11.8. The number of amides is 1. The van der Waals surface area contributed by atoms with Crippen LogP contribution < -0.4 is 15.8 Å². The molecule has 0 bridgehead atoms. The first-order valence-corrected chi connectivity index (χ1v) is 10.3. The molecule has 3 rings (SSSR count). The lowest BCUT2D eigenvalue weighted by molar-refractivity contribution is -0.139. The van der Waals surface area contributed by atoms with Gasteiger partial charge in [-0.05, 0) is 28.8 Å². The summed E-state index contributed by atoms with van der Waals surface area (Å²) in [6, 6.07) is 19.4. The van der Waals surface area contributed by atoms with Crippen molar-refractivity contribution in [2.24, 2.45) is 5.73 Å². The highest BCUT2D eigenvalue weighted by molar-refractivity contribution is 5.95. The van der Waals surface area contributed by atoms with Gasteiger partial charge in [-0.2, -0.15) is 18.4 Å². The lowest BCUT2D eigenvalue weighted by atomic mass is 10.0. The lowest BCUT2D eigenvalue weighted by Crippen LogP contribution is -2.38. The third kappa shape index (κ3) is 6.13. The SMILES string of the molecule is N#Cc1cc(NC(=O)[C@@H](N)CO)cc(C(F)(F)F)c1OCCc1ccc(-c2ccccc2)cc1. The molecule has 0 saturated heterocycles. The van der Waals surface area contributed by atoms with Crippen molar-refractivity contribution in [1.82, 2.24) is 0 Å². The number of rotatable bonds is 8. The van der Waals surface area contributed by atoms with Crippen molar-refractivity contribution >= 4 is 11.6 Å². The molecule has 6 nitrogen and oxygen atoms in total. The zero-order valence-electron chi connectivity index (χ0n) is 18.0. The number of hydrogen-bond acceptors (Lipinski definition) is 5. The molecule has 0 spiro atoms. The van der Waals surface area contributed by atoms with Crippen LogP contribution in [0.2, 0.25) is 0 Å². The standard InChI is InChI=1S/C25H22F3N3O3/c26-25(27,28)21-13-20(31-24(33)22(30)15-32)12-19(14-29)23(21)34-11-10-16-6-8-18(9-7-16)17-4-2-1-3-5-17/h1-9,12-13,22,32H,10-11,15,30H2,(H,31,33)/t22-/m0/s1. The molecule has 0 fully saturated rings. The van der Waals surface area contributed by atoms with Crippen LogP contribution in [-0.2, 0) is 17.4 Å². The summed E-state index contributed by atoms with van der Waals surface area (Å²) in [6.45, 7) is -0.778. The molecule has 0 aromatic heterocycles. The van der Waals surface area contributed by atoms with Crippen molar-refractivity contribution in [3.63, 3.8) is 0 Å². The van der Waals surface area contributed by atoms with Gasteiger partial charge in [0.2, 0.25) is 5.91 Å². The number of hydrogen-bond donors (Lipinski definition) is 3. The molecule has 1 amide bonds. The molecule has 0 aliphatic rings. The number of nitrogens with zero attached hydrogens (tertiary/aromatic N) is 1. The van der Waals surface area contributed by atoms with Crippen LogP contribution in [0.15, 0.2) is 66.7 Å². The molecule has 0 aliphatic heterocycles. The molecule has 0 heterocycles. The van der Waals surface area contributed by atoms with E-state index in [0.717, 1.165) is 22.8 Å². The van der Waals surface area contributed by atoms with Crippen LogP contribution in [0, 0.1) is 11.3 Å².